The molecular formula is C47H42N4. The lowest BCUT2D eigenvalue weighted by molar-refractivity contribution is 1.00. The van der Waals surface area contributed by atoms with Crippen LogP contribution in [0.1, 0.15) is 54.8 Å². The second-order valence-electron chi connectivity index (χ2n) is 12.8. The summed E-state index contributed by atoms with van der Waals surface area (Å²) in [6.45, 7) is 4.00. The lowest BCUT2D eigenvalue weighted by atomic mass is 10.1. The Balaban J connectivity index is 0.00000184. The molecule has 9 rings (SSSR count). The molecule has 0 unspecified atom stereocenters. The number of rotatable bonds is 4. The minimum atomic E-state index is 0.738. The molecule has 2 N–H and O–H groups in total. The Morgan fingerprint density at radius 3 is 2.39 bits per heavy atom. The zero-order valence-electron chi connectivity index (χ0n) is 29.3. The van der Waals surface area contributed by atoms with Gasteiger partial charge in [0.25, 0.3) is 0 Å². The molecule has 3 aliphatic carbocycles. The first-order valence-electron chi connectivity index (χ1n) is 18.1. The molecule has 4 heteroatoms. The zero-order valence-corrected chi connectivity index (χ0v) is 29.3. The molecule has 0 atom stereocenters. The number of allylic oxidation sites excluding steroid dienone is 7. The number of hydrogen-bond donors (Lipinski definition) is 1. The fraction of sp³-hybridized carbons (Fsp3) is 0.128. The number of nitrogens with two attached hydrogens (primary N) is 1. The second kappa shape index (κ2) is 14.0. The minimum absolute atomic E-state index is 0.738. The second-order valence-corrected chi connectivity index (χ2v) is 12.8. The average molecular weight is 663 g/mol. The third kappa shape index (κ3) is 5.83. The van der Waals surface area contributed by atoms with Crippen molar-refractivity contribution in [1.82, 2.24) is 14.1 Å². The van der Waals surface area contributed by atoms with Gasteiger partial charge in [0.1, 0.15) is 0 Å². The maximum atomic E-state index is 6.69. The van der Waals surface area contributed by atoms with Crippen LogP contribution in [0.25, 0.3) is 52.3 Å². The summed E-state index contributed by atoms with van der Waals surface area (Å²) in [6.07, 6.45) is 27.8. The molecule has 0 aliphatic heterocycles. The topological polar surface area (TPSA) is 48.8 Å². The molecule has 0 spiro atoms. The molecular weight excluding hydrogens is 621 g/mol. The van der Waals surface area contributed by atoms with Gasteiger partial charge in [-0.3, -0.25) is 4.98 Å². The highest BCUT2D eigenvalue weighted by Gasteiger charge is 2.19. The highest BCUT2D eigenvalue weighted by Crippen LogP contribution is 2.26. The Kier molecular flexibility index (Phi) is 8.82. The van der Waals surface area contributed by atoms with Gasteiger partial charge in [-0.25, -0.2) is 0 Å². The van der Waals surface area contributed by atoms with E-state index in [2.05, 4.69) is 154 Å². The van der Waals surface area contributed by atoms with E-state index in [1.165, 1.54) is 60.1 Å². The molecule has 250 valence electrons. The van der Waals surface area contributed by atoms with Crippen LogP contribution in [0.15, 0.2) is 139 Å². The third-order valence-electron chi connectivity index (χ3n) is 9.88. The van der Waals surface area contributed by atoms with Gasteiger partial charge in [0.15, 0.2) is 0 Å². The SMILES string of the molecule is CC.N/C(=C\C=C1\C=CCc2cccnc2C1)c1ccc(-n2c3c(c4ccccc42)=CCC=c2c=3c3c(n2-c2ccccc2)C=CCC=C3)cc1. The van der Waals surface area contributed by atoms with Crippen LogP contribution in [-0.4, -0.2) is 14.1 Å². The number of para-hydroxylation sites is 2. The van der Waals surface area contributed by atoms with E-state index in [4.69, 9.17) is 5.73 Å². The lowest BCUT2D eigenvalue weighted by Crippen LogP contribution is -2.17. The summed E-state index contributed by atoms with van der Waals surface area (Å²) >= 11 is 0. The van der Waals surface area contributed by atoms with E-state index in [1.807, 2.05) is 32.2 Å². The first kappa shape index (κ1) is 32.1. The summed E-state index contributed by atoms with van der Waals surface area (Å²) in [5.41, 5.74) is 18.0. The van der Waals surface area contributed by atoms with Crippen molar-refractivity contribution in [2.45, 2.75) is 39.5 Å². The van der Waals surface area contributed by atoms with Crippen molar-refractivity contribution in [2.75, 3.05) is 0 Å². The largest absolute Gasteiger partial charge is 0.398 e. The van der Waals surface area contributed by atoms with Gasteiger partial charge in [-0.1, -0.05) is 117 Å². The molecule has 0 bridgehead atoms. The van der Waals surface area contributed by atoms with Gasteiger partial charge in [0, 0.05) is 56.8 Å². The molecule has 6 aromatic rings. The lowest BCUT2D eigenvalue weighted by Gasteiger charge is -2.09. The number of nitrogens with zero attached hydrogens (tertiary/aromatic N) is 3. The van der Waals surface area contributed by atoms with Crippen LogP contribution in [0.3, 0.4) is 0 Å². The van der Waals surface area contributed by atoms with Gasteiger partial charge >= 0.3 is 0 Å². The van der Waals surface area contributed by atoms with E-state index in [-0.39, 0.29) is 0 Å². The molecule has 0 radical (unpaired) electrons. The molecule has 0 saturated carbocycles. The predicted molar refractivity (Wildman–Crippen MR) is 215 cm³/mol. The number of benzene rings is 3. The van der Waals surface area contributed by atoms with Crippen molar-refractivity contribution < 1.29 is 0 Å². The van der Waals surface area contributed by atoms with E-state index in [0.29, 0.717) is 0 Å². The van der Waals surface area contributed by atoms with E-state index in [9.17, 15) is 0 Å². The number of aromatic nitrogens is 3. The Bertz CT molecular complexity index is 2640. The standard InChI is InChI=1S/C45H36N4.C2H6/c46-39(28-23-31-12-9-13-33-14-11-29-47-40(33)30-31)32-24-26-35(27-25-32)49-41-21-8-7-17-36(41)37-19-10-22-43-44(45(37)49)38-18-5-2-6-20-42(38)48(43)34-15-3-1-4-16-34;1-2/h1,3-9,11-12,14-29H,2,10,13,30,46H2;1-2H3/b31-23-,39-28-;. The first-order chi connectivity index (χ1) is 25.2. The van der Waals surface area contributed by atoms with Crippen molar-refractivity contribution >= 4 is 40.9 Å². The zero-order chi connectivity index (χ0) is 34.7. The number of pyridine rings is 1. The summed E-state index contributed by atoms with van der Waals surface area (Å²) in [5.74, 6) is 0. The fourth-order valence-electron chi connectivity index (χ4n) is 7.59. The van der Waals surface area contributed by atoms with Crippen molar-refractivity contribution in [1.29, 1.82) is 0 Å². The molecule has 0 amide bonds. The van der Waals surface area contributed by atoms with Crippen molar-refractivity contribution in [3.05, 3.63) is 188 Å². The highest BCUT2D eigenvalue weighted by molar-refractivity contribution is 5.85. The fourth-order valence-corrected chi connectivity index (χ4v) is 7.59. The van der Waals surface area contributed by atoms with Crippen molar-refractivity contribution in [3.63, 3.8) is 0 Å². The van der Waals surface area contributed by atoms with Crippen LogP contribution in [-0.2, 0) is 12.8 Å². The summed E-state index contributed by atoms with van der Waals surface area (Å²) < 4.78 is 4.88. The van der Waals surface area contributed by atoms with Crippen molar-refractivity contribution in [3.8, 4) is 11.4 Å². The maximum absolute atomic E-state index is 6.69. The van der Waals surface area contributed by atoms with Crippen LogP contribution in [0.5, 0.6) is 0 Å². The Labute approximate surface area is 299 Å². The maximum Gasteiger partial charge on any atom is 0.0638 e. The van der Waals surface area contributed by atoms with Crippen LogP contribution < -0.4 is 16.3 Å². The van der Waals surface area contributed by atoms with Crippen LogP contribution in [0.4, 0.5) is 0 Å². The van der Waals surface area contributed by atoms with E-state index >= 15 is 0 Å². The summed E-state index contributed by atoms with van der Waals surface area (Å²) in [4.78, 5) is 4.62. The average Bonchev–Trinajstić information content (AvgIpc) is 3.35. The van der Waals surface area contributed by atoms with Crippen LogP contribution in [0.2, 0.25) is 0 Å². The van der Waals surface area contributed by atoms with Gasteiger partial charge in [0.2, 0.25) is 0 Å². The molecule has 0 fully saturated rings. The van der Waals surface area contributed by atoms with Gasteiger partial charge in [-0.05, 0) is 84.5 Å². The molecule has 3 aromatic heterocycles. The Hall–Kier alpha value is -6.13. The Morgan fingerprint density at radius 2 is 1.53 bits per heavy atom. The van der Waals surface area contributed by atoms with Crippen LogP contribution >= 0.6 is 0 Å². The number of fused-ring (bicyclic) bond motifs is 7. The van der Waals surface area contributed by atoms with Gasteiger partial charge in [-0.2, -0.15) is 0 Å². The van der Waals surface area contributed by atoms with Crippen LogP contribution in [0, 0.1) is 10.6 Å². The summed E-state index contributed by atoms with van der Waals surface area (Å²) in [7, 11) is 0. The molecule has 0 saturated heterocycles. The Morgan fingerprint density at radius 1 is 0.745 bits per heavy atom. The molecule has 3 aromatic carbocycles. The van der Waals surface area contributed by atoms with E-state index < -0.39 is 0 Å². The monoisotopic (exact) mass is 662 g/mol. The molecule has 51 heavy (non-hydrogen) atoms. The van der Waals surface area contributed by atoms with Gasteiger partial charge < -0.3 is 14.9 Å². The number of hydrogen-bond acceptors (Lipinski definition) is 2. The smallest absolute Gasteiger partial charge is 0.0638 e. The first-order valence-corrected chi connectivity index (χ1v) is 18.1. The molecule has 3 heterocycles. The molecule has 3 aliphatic rings. The third-order valence-corrected chi connectivity index (χ3v) is 9.88. The van der Waals surface area contributed by atoms with E-state index in [0.717, 1.165) is 48.3 Å². The highest BCUT2D eigenvalue weighted by atomic mass is 15.0. The summed E-state index contributed by atoms with van der Waals surface area (Å²) in [6, 6.07) is 32.4. The van der Waals surface area contributed by atoms with E-state index in [1.54, 1.807) is 0 Å². The predicted octanol–water partition coefficient (Wildman–Crippen LogP) is 9.11. The van der Waals surface area contributed by atoms with Gasteiger partial charge in [0.05, 0.1) is 21.9 Å². The minimum Gasteiger partial charge on any atom is -0.398 e. The van der Waals surface area contributed by atoms with Crippen molar-refractivity contribution in [2.24, 2.45) is 5.73 Å². The molecule has 4 nitrogen and oxygen atoms in total. The quantitative estimate of drug-likeness (QED) is 0.205. The normalized spacial score (nSPS) is 15.3. The van der Waals surface area contributed by atoms with Gasteiger partial charge in [-0.15, -0.1) is 0 Å². The summed E-state index contributed by atoms with van der Waals surface area (Å²) in [5, 5.41) is 6.27.